The fourth-order valence-corrected chi connectivity index (χ4v) is 2.62. The highest BCUT2D eigenvalue weighted by Crippen LogP contribution is 2.20. The summed E-state index contributed by atoms with van der Waals surface area (Å²) in [7, 11) is 1.50. The van der Waals surface area contributed by atoms with Gasteiger partial charge < -0.3 is 21.1 Å². The normalized spacial score (nSPS) is 18.6. The second kappa shape index (κ2) is 9.53. The summed E-state index contributed by atoms with van der Waals surface area (Å²) in [6.45, 7) is 7.78. The summed E-state index contributed by atoms with van der Waals surface area (Å²) in [5.41, 5.74) is 5.43. The van der Waals surface area contributed by atoms with Gasteiger partial charge in [-0.05, 0) is 46.3 Å². The number of ether oxygens (including phenoxy) is 1. The largest absolute Gasteiger partial charge is 0.446 e. The summed E-state index contributed by atoms with van der Waals surface area (Å²) < 4.78 is 5.72. The molecule has 1 aromatic rings. The zero-order valence-electron chi connectivity index (χ0n) is 14.8. The highest BCUT2D eigenvalue weighted by Gasteiger charge is 2.29. The Morgan fingerprint density at radius 3 is 2.52 bits per heavy atom. The van der Waals surface area contributed by atoms with Crippen LogP contribution in [0.2, 0.25) is 0 Å². The smallest absolute Gasteiger partial charge is 0.407 e. The SMILES string of the molecule is CC(C)(C)NC(=O)OC(Cc1ccccc1)C1CCNC1.CN. The van der Waals surface area contributed by atoms with E-state index >= 15 is 0 Å². The van der Waals surface area contributed by atoms with Gasteiger partial charge in [0.1, 0.15) is 6.10 Å². The van der Waals surface area contributed by atoms with Crippen molar-refractivity contribution in [3.05, 3.63) is 35.9 Å². The molecule has 2 atom stereocenters. The van der Waals surface area contributed by atoms with Crippen molar-refractivity contribution < 1.29 is 9.53 Å². The van der Waals surface area contributed by atoms with E-state index in [2.05, 4.69) is 28.5 Å². The third kappa shape index (κ3) is 7.48. The molecule has 5 nitrogen and oxygen atoms in total. The molecular weight excluding hydrogens is 290 g/mol. The van der Waals surface area contributed by atoms with E-state index in [1.54, 1.807) is 0 Å². The van der Waals surface area contributed by atoms with E-state index in [0.717, 1.165) is 25.9 Å². The van der Waals surface area contributed by atoms with Crippen LogP contribution in [-0.2, 0) is 11.2 Å². The number of amides is 1. The molecule has 1 fully saturated rings. The first kappa shape index (κ1) is 19.5. The van der Waals surface area contributed by atoms with Crippen LogP contribution in [0.1, 0.15) is 32.8 Å². The fraction of sp³-hybridized carbons (Fsp3) is 0.611. The monoisotopic (exact) mass is 321 g/mol. The predicted molar refractivity (Wildman–Crippen MR) is 94.4 cm³/mol. The van der Waals surface area contributed by atoms with Crippen molar-refractivity contribution in [2.75, 3.05) is 20.1 Å². The van der Waals surface area contributed by atoms with E-state index in [1.807, 2.05) is 39.0 Å². The average Bonchev–Trinajstić information content (AvgIpc) is 3.02. The molecule has 1 saturated heterocycles. The number of benzene rings is 1. The third-order valence-corrected chi connectivity index (χ3v) is 3.64. The Morgan fingerprint density at radius 2 is 2.00 bits per heavy atom. The minimum Gasteiger partial charge on any atom is -0.446 e. The number of hydrogen-bond acceptors (Lipinski definition) is 4. The summed E-state index contributed by atoms with van der Waals surface area (Å²) in [5.74, 6) is 0.385. The lowest BCUT2D eigenvalue weighted by atomic mass is 9.95. The van der Waals surface area contributed by atoms with Crippen molar-refractivity contribution >= 4 is 6.09 Å². The quantitative estimate of drug-likeness (QED) is 0.795. The van der Waals surface area contributed by atoms with Gasteiger partial charge in [0.15, 0.2) is 0 Å². The van der Waals surface area contributed by atoms with Gasteiger partial charge in [0.05, 0.1) is 0 Å². The van der Waals surface area contributed by atoms with Gasteiger partial charge in [-0.25, -0.2) is 4.79 Å². The van der Waals surface area contributed by atoms with Gasteiger partial charge in [-0.2, -0.15) is 0 Å². The van der Waals surface area contributed by atoms with Gasteiger partial charge >= 0.3 is 6.09 Å². The highest BCUT2D eigenvalue weighted by molar-refractivity contribution is 5.68. The lowest BCUT2D eigenvalue weighted by molar-refractivity contribution is 0.0619. The van der Waals surface area contributed by atoms with Crippen LogP contribution < -0.4 is 16.4 Å². The number of nitrogens with one attached hydrogen (secondary N) is 2. The van der Waals surface area contributed by atoms with Gasteiger partial charge in [-0.3, -0.25) is 0 Å². The molecule has 130 valence electrons. The Labute approximate surface area is 140 Å². The van der Waals surface area contributed by atoms with E-state index in [9.17, 15) is 4.79 Å². The van der Waals surface area contributed by atoms with Gasteiger partial charge in [-0.15, -0.1) is 0 Å². The lowest BCUT2D eigenvalue weighted by Gasteiger charge is -2.26. The molecule has 0 bridgehead atoms. The van der Waals surface area contributed by atoms with E-state index in [0.29, 0.717) is 5.92 Å². The Balaban J connectivity index is 0.00000127. The minimum atomic E-state index is -0.324. The van der Waals surface area contributed by atoms with E-state index in [4.69, 9.17) is 4.74 Å². The molecule has 2 unspecified atom stereocenters. The van der Waals surface area contributed by atoms with Gasteiger partial charge in [0, 0.05) is 24.4 Å². The Bertz CT molecular complexity index is 451. The number of hydrogen-bond donors (Lipinski definition) is 3. The zero-order valence-corrected chi connectivity index (χ0v) is 14.8. The molecule has 4 N–H and O–H groups in total. The maximum absolute atomic E-state index is 12.1. The van der Waals surface area contributed by atoms with Crippen molar-refractivity contribution in [3.8, 4) is 0 Å². The molecular formula is C18H31N3O2. The molecule has 0 aromatic heterocycles. The molecule has 1 amide bonds. The Hall–Kier alpha value is -1.59. The topological polar surface area (TPSA) is 76.4 Å². The summed E-state index contributed by atoms with van der Waals surface area (Å²) >= 11 is 0. The fourth-order valence-electron chi connectivity index (χ4n) is 2.62. The number of nitrogens with two attached hydrogens (primary N) is 1. The highest BCUT2D eigenvalue weighted by atomic mass is 16.6. The van der Waals surface area contributed by atoms with Crippen LogP contribution in [0.25, 0.3) is 0 Å². The van der Waals surface area contributed by atoms with Crippen molar-refractivity contribution in [2.24, 2.45) is 11.7 Å². The maximum atomic E-state index is 12.1. The van der Waals surface area contributed by atoms with Crippen molar-refractivity contribution in [1.82, 2.24) is 10.6 Å². The summed E-state index contributed by atoms with van der Waals surface area (Å²) in [6, 6.07) is 10.2. The molecule has 0 saturated carbocycles. The first-order valence-electron chi connectivity index (χ1n) is 8.25. The number of carbonyl (C=O) groups excluding carboxylic acids is 1. The van der Waals surface area contributed by atoms with Crippen LogP contribution >= 0.6 is 0 Å². The average molecular weight is 321 g/mol. The molecule has 1 aromatic carbocycles. The predicted octanol–water partition coefficient (Wildman–Crippen LogP) is 2.31. The molecule has 23 heavy (non-hydrogen) atoms. The first-order valence-corrected chi connectivity index (χ1v) is 8.25. The molecule has 1 aliphatic rings. The molecule has 0 aliphatic carbocycles. The number of alkyl carbamates (subject to hydrolysis) is 1. The Morgan fingerprint density at radius 1 is 1.35 bits per heavy atom. The molecule has 0 spiro atoms. The number of rotatable bonds is 4. The first-order chi connectivity index (χ1) is 10.9. The number of carbonyl (C=O) groups is 1. The third-order valence-electron chi connectivity index (χ3n) is 3.64. The zero-order chi connectivity index (χ0) is 17.3. The molecule has 1 aliphatic heterocycles. The second-order valence-electron chi connectivity index (χ2n) is 6.76. The van der Waals surface area contributed by atoms with Crippen LogP contribution in [0.5, 0.6) is 0 Å². The molecule has 0 radical (unpaired) electrons. The van der Waals surface area contributed by atoms with Crippen LogP contribution in [0.4, 0.5) is 4.79 Å². The van der Waals surface area contributed by atoms with Crippen molar-refractivity contribution in [3.63, 3.8) is 0 Å². The van der Waals surface area contributed by atoms with Crippen molar-refractivity contribution in [2.45, 2.75) is 45.3 Å². The van der Waals surface area contributed by atoms with Gasteiger partial charge in [-0.1, -0.05) is 30.3 Å². The summed E-state index contributed by atoms with van der Waals surface area (Å²) in [5, 5.41) is 6.23. The molecule has 2 rings (SSSR count). The second-order valence-corrected chi connectivity index (χ2v) is 6.76. The summed E-state index contributed by atoms with van der Waals surface area (Å²) in [4.78, 5) is 12.1. The summed E-state index contributed by atoms with van der Waals surface area (Å²) in [6.07, 6.45) is 1.42. The molecule has 5 heteroatoms. The van der Waals surface area contributed by atoms with E-state index in [1.165, 1.54) is 12.6 Å². The lowest BCUT2D eigenvalue weighted by Crippen LogP contribution is -2.44. The van der Waals surface area contributed by atoms with Crippen LogP contribution in [-0.4, -0.2) is 37.9 Å². The minimum absolute atomic E-state index is 0.0789. The Kier molecular flexibility index (Phi) is 8.06. The van der Waals surface area contributed by atoms with Crippen LogP contribution in [0, 0.1) is 5.92 Å². The van der Waals surface area contributed by atoms with Crippen molar-refractivity contribution in [1.29, 1.82) is 0 Å². The van der Waals surface area contributed by atoms with Gasteiger partial charge in [0.25, 0.3) is 0 Å². The van der Waals surface area contributed by atoms with E-state index < -0.39 is 0 Å². The maximum Gasteiger partial charge on any atom is 0.407 e. The molecule has 1 heterocycles. The van der Waals surface area contributed by atoms with E-state index in [-0.39, 0.29) is 17.7 Å². The van der Waals surface area contributed by atoms with Crippen LogP contribution in [0.3, 0.4) is 0 Å². The van der Waals surface area contributed by atoms with Gasteiger partial charge in [0.2, 0.25) is 0 Å². The standard InChI is InChI=1S/C17H26N2O2.CH5N/c1-17(2,3)19-16(20)21-15(14-9-10-18-12-14)11-13-7-5-4-6-8-13;1-2/h4-8,14-15,18H,9-12H2,1-3H3,(H,19,20);2H2,1H3. The van der Waals surface area contributed by atoms with Crippen LogP contribution in [0.15, 0.2) is 30.3 Å².